The Hall–Kier alpha value is -2.25. The summed E-state index contributed by atoms with van der Waals surface area (Å²) in [5, 5.41) is 0. The normalized spacial score (nSPS) is 11.3. The van der Waals surface area contributed by atoms with Crippen LogP contribution in [0.1, 0.15) is 32.3 Å². The minimum atomic E-state index is -3.61. The van der Waals surface area contributed by atoms with Gasteiger partial charge in [-0.05, 0) is 55.3 Å². The molecule has 3 N–H and O–H groups in total. The number of anilines is 1. The average molecular weight is 378 g/mol. The first-order valence-electron chi connectivity index (χ1n) is 8.70. The molecule has 0 aliphatic rings. The van der Waals surface area contributed by atoms with Gasteiger partial charge in [-0.1, -0.05) is 19.4 Å². The Morgan fingerprint density at radius 1 is 1.00 bits per heavy atom. The van der Waals surface area contributed by atoms with Crippen LogP contribution in [0.4, 0.5) is 5.69 Å². The van der Waals surface area contributed by atoms with Gasteiger partial charge in [-0.15, -0.1) is 0 Å². The molecule has 0 unspecified atom stereocenters. The van der Waals surface area contributed by atoms with Crippen molar-refractivity contribution >= 4 is 15.7 Å². The number of sulfonamides is 1. The summed E-state index contributed by atoms with van der Waals surface area (Å²) < 4.78 is 38.7. The first-order valence-corrected chi connectivity index (χ1v) is 10.2. The van der Waals surface area contributed by atoms with Crippen molar-refractivity contribution in [3.05, 3.63) is 48.0 Å². The number of ether oxygens (including phenoxy) is 2. The molecule has 2 aromatic carbocycles. The summed E-state index contributed by atoms with van der Waals surface area (Å²) in [7, 11) is -3.61. The van der Waals surface area contributed by atoms with Gasteiger partial charge < -0.3 is 15.2 Å². The summed E-state index contributed by atoms with van der Waals surface area (Å²) in [6.07, 6.45) is 2.02. The molecule has 2 rings (SSSR count). The molecule has 26 heavy (non-hydrogen) atoms. The second-order valence-corrected chi connectivity index (χ2v) is 7.58. The highest BCUT2D eigenvalue weighted by Crippen LogP contribution is 2.29. The van der Waals surface area contributed by atoms with Crippen molar-refractivity contribution in [3.8, 4) is 11.5 Å². The molecular weight excluding hydrogens is 352 g/mol. The van der Waals surface area contributed by atoms with E-state index in [2.05, 4.69) is 11.6 Å². The number of unbranched alkanes of at least 4 members (excludes halogenated alkanes) is 1. The highest BCUT2D eigenvalue weighted by atomic mass is 32.2. The van der Waals surface area contributed by atoms with E-state index in [9.17, 15) is 8.42 Å². The molecule has 0 aliphatic heterocycles. The van der Waals surface area contributed by atoms with Gasteiger partial charge in [0.25, 0.3) is 0 Å². The van der Waals surface area contributed by atoms with Gasteiger partial charge >= 0.3 is 0 Å². The lowest BCUT2D eigenvalue weighted by atomic mass is 10.2. The third-order valence-corrected chi connectivity index (χ3v) is 5.14. The van der Waals surface area contributed by atoms with Gasteiger partial charge in [-0.3, -0.25) is 0 Å². The lowest BCUT2D eigenvalue weighted by molar-refractivity contribution is 0.272. The molecule has 142 valence electrons. The Balaban J connectivity index is 2.08. The van der Waals surface area contributed by atoms with Gasteiger partial charge in [0.05, 0.1) is 18.1 Å². The predicted octanol–water partition coefficient (Wildman–Crippen LogP) is 3.32. The van der Waals surface area contributed by atoms with Gasteiger partial charge in [0.15, 0.2) is 11.5 Å². The molecule has 0 saturated heterocycles. The summed E-state index contributed by atoms with van der Waals surface area (Å²) in [4.78, 5) is 0.177. The molecular formula is C19H26N2O4S. The number of hydrogen-bond acceptors (Lipinski definition) is 5. The van der Waals surface area contributed by atoms with Gasteiger partial charge in [-0.25, -0.2) is 13.1 Å². The van der Waals surface area contributed by atoms with E-state index < -0.39 is 10.0 Å². The maximum Gasteiger partial charge on any atom is 0.240 e. The molecule has 0 spiro atoms. The minimum Gasteiger partial charge on any atom is -0.490 e. The van der Waals surface area contributed by atoms with E-state index in [1.165, 1.54) is 12.1 Å². The van der Waals surface area contributed by atoms with E-state index in [1.807, 2.05) is 19.1 Å². The van der Waals surface area contributed by atoms with Crippen LogP contribution in [0.5, 0.6) is 11.5 Å². The fourth-order valence-electron chi connectivity index (χ4n) is 2.29. The predicted molar refractivity (Wildman–Crippen MR) is 103 cm³/mol. The minimum absolute atomic E-state index is 0.155. The van der Waals surface area contributed by atoms with Gasteiger partial charge in [0, 0.05) is 12.2 Å². The monoisotopic (exact) mass is 378 g/mol. The topological polar surface area (TPSA) is 90.7 Å². The smallest absolute Gasteiger partial charge is 0.240 e. The second-order valence-electron chi connectivity index (χ2n) is 5.81. The maximum atomic E-state index is 12.4. The van der Waals surface area contributed by atoms with E-state index in [0.29, 0.717) is 30.4 Å². The van der Waals surface area contributed by atoms with E-state index in [-0.39, 0.29) is 11.4 Å². The number of nitrogen functional groups attached to an aromatic ring is 1. The van der Waals surface area contributed by atoms with Crippen molar-refractivity contribution in [3.63, 3.8) is 0 Å². The second kappa shape index (κ2) is 9.45. The number of hydrogen-bond donors (Lipinski definition) is 2. The maximum absolute atomic E-state index is 12.4. The van der Waals surface area contributed by atoms with Crippen LogP contribution in [0.2, 0.25) is 0 Å². The number of benzene rings is 2. The molecule has 0 bridgehead atoms. The van der Waals surface area contributed by atoms with Crippen molar-refractivity contribution in [1.82, 2.24) is 4.72 Å². The Kier molecular flexibility index (Phi) is 7.29. The van der Waals surface area contributed by atoms with Crippen molar-refractivity contribution < 1.29 is 17.9 Å². The number of rotatable bonds is 10. The Bertz CT molecular complexity index is 805. The van der Waals surface area contributed by atoms with E-state index in [0.717, 1.165) is 18.4 Å². The van der Waals surface area contributed by atoms with E-state index in [1.54, 1.807) is 18.2 Å². The van der Waals surface area contributed by atoms with Gasteiger partial charge in [0.1, 0.15) is 0 Å². The summed E-state index contributed by atoms with van der Waals surface area (Å²) in [5.74, 6) is 1.29. The summed E-state index contributed by atoms with van der Waals surface area (Å²) in [6.45, 7) is 5.28. The number of nitrogens with one attached hydrogen (secondary N) is 1. The zero-order valence-electron chi connectivity index (χ0n) is 15.2. The molecule has 0 heterocycles. The lowest BCUT2D eigenvalue weighted by Gasteiger charge is -2.14. The van der Waals surface area contributed by atoms with Gasteiger partial charge in [0.2, 0.25) is 10.0 Å². The molecule has 0 fully saturated rings. The van der Waals surface area contributed by atoms with E-state index >= 15 is 0 Å². The van der Waals surface area contributed by atoms with Crippen molar-refractivity contribution in [2.75, 3.05) is 18.9 Å². The molecule has 0 radical (unpaired) electrons. The lowest BCUT2D eigenvalue weighted by Crippen LogP contribution is -2.23. The standard InChI is InChI=1S/C19H26N2O4S/c1-3-5-12-25-18-11-6-15(13-19(18)24-4-2)14-21-26(22,23)17-9-7-16(20)8-10-17/h6-11,13,21H,3-5,12,14,20H2,1-2H3. The van der Waals surface area contributed by atoms with Crippen molar-refractivity contribution in [2.24, 2.45) is 0 Å². The summed E-state index contributed by atoms with van der Waals surface area (Å²) >= 11 is 0. The van der Waals surface area contributed by atoms with Crippen LogP contribution in [0.25, 0.3) is 0 Å². The third kappa shape index (κ3) is 5.64. The Labute approximate surface area is 155 Å². The molecule has 0 aliphatic carbocycles. The highest BCUT2D eigenvalue weighted by molar-refractivity contribution is 7.89. The SMILES string of the molecule is CCCCOc1ccc(CNS(=O)(=O)c2ccc(N)cc2)cc1OCC. The fourth-order valence-corrected chi connectivity index (χ4v) is 3.30. The molecule has 0 aromatic heterocycles. The summed E-state index contributed by atoms with van der Waals surface area (Å²) in [6, 6.07) is 11.5. The Morgan fingerprint density at radius 2 is 1.73 bits per heavy atom. The summed E-state index contributed by atoms with van der Waals surface area (Å²) in [5.41, 5.74) is 6.90. The average Bonchev–Trinajstić information content (AvgIpc) is 2.62. The van der Waals surface area contributed by atoms with Crippen LogP contribution < -0.4 is 19.9 Å². The molecule has 7 heteroatoms. The third-order valence-electron chi connectivity index (χ3n) is 3.72. The van der Waals surface area contributed by atoms with Crippen LogP contribution >= 0.6 is 0 Å². The van der Waals surface area contributed by atoms with Crippen LogP contribution in [0, 0.1) is 0 Å². The fraction of sp³-hybridized carbons (Fsp3) is 0.368. The van der Waals surface area contributed by atoms with Crippen LogP contribution in [-0.4, -0.2) is 21.6 Å². The quantitative estimate of drug-likeness (QED) is 0.489. The zero-order chi connectivity index (χ0) is 19.0. The van der Waals surface area contributed by atoms with Crippen LogP contribution in [0.3, 0.4) is 0 Å². The Morgan fingerprint density at radius 3 is 2.38 bits per heavy atom. The van der Waals surface area contributed by atoms with Crippen LogP contribution in [0.15, 0.2) is 47.4 Å². The molecule has 2 aromatic rings. The molecule has 0 saturated carbocycles. The molecule has 0 amide bonds. The van der Waals surface area contributed by atoms with Crippen molar-refractivity contribution in [1.29, 1.82) is 0 Å². The molecule has 6 nitrogen and oxygen atoms in total. The molecule has 0 atom stereocenters. The number of nitrogens with two attached hydrogens (primary N) is 1. The van der Waals surface area contributed by atoms with Crippen LogP contribution in [-0.2, 0) is 16.6 Å². The van der Waals surface area contributed by atoms with E-state index in [4.69, 9.17) is 15.2 Å². The first kappa shape index (κ1) is 20.1. The zero-order valence-corrected chi connectivity index (χ0v) is 16.0. The largest absolute Gasteiger partial charge is 0.490 e. The highest BCUT2D eigenvalue weighted by Gasteiger charge is 2.14. The van der Waals surface area contributed by atoms with Crippen molar-refractivity contribution in [2.45, 2.75) is 38.1 Å². The van der Waals surface area contributed by atoms with Gasteiger partial charge in [-0.2, -0.15) is 0 Å². The first-order chi connectivity index (χ1) is 12.5.